The molecule has 2 aromatic heterocycles. The van der Waals surface area contributed by atoms with E-state index in [0.29, 0.717) is 21.5 Å². The van der Waals surface area contributed by atoms with E-state index < -0.39 is 11.9 Å². The zero-order valence-corrected chi connectivity index (χ0v) is 15.1. The molecule has 0 spiro atoms. The molecule has 0 bridgehead atoms. The summed E-state index contributed by atoms with van der Waals surface area (Å²) in [6.45, 7) is 1.55. The van der Waals surface area contributed by atoms with E-state index in [1.807, 2.05) is 24.3 Å². The summed E-state index contributed by atoms with van der Waals surface area (Å²) in [5.74, 6) is -2.25. The molecule has 0 amide bonds. The van der Waals surface area contributed by atoms with Crippen molar-refractivity contribution in [3.63, 3.8) is 0 Å². The molecule has 1 unspecified atom stereocenters. The monoisotopic (exact) mass is 378 g/mol. The molecule has 5 nitrogen and oxygen atoms in total. The topological polar surface area (TPSA) is 83.0 Å². The quantitative estimate of drug-likeness (QED) is 0.500. The van der Waals surface area contributed by atoms with Crippen molar-refractivity contribution in [3.8, 4) is 0 Å². The number of hydrogen-bond donors (Lipinski definition) is 2. The second-order valence-electron chi connectivity index (χ2n) is 6.41. The summed E-state index contributed by atoms with van der Waals surface area (Å²) in [6.07, 6.45) is 1.64. The minimum Gasteiger partial charge on any atom is -0.481 e. The summed E-state index contributed by atoms with van der Waals surface area (Å²) in [7, 11) is 0. The summed E-state index contributed by atoms with van der Waals surface area (Å²) in [5, 5.41) is 12.4. The summed E-state index contributed by atoms with van der Waals surface area (Å²) < 4.78 is 0. The molecule has 2 heterocycles. The first-order valence-corrected chi connectivity index (χ1v) is 8.77. The van der Waals surface area contributed by atoms with Gasteiger partial charge in [-0.3, -0.25) is 14.6 Å². The third kappa shape index (κ3) is 2.96. The number of ketones is 1. The number of carboxylic acids is 1. The fourth-order valence-electron chi connectivity index (χ4n) is 3.27. The first-order valence-electron chi connectivity index (χ1n) is 8.39. The summed E-state index contributed by atoms with van der Waals surface area (Å²) in [4.78, 5) is 32.1. The minimum atomic E-state index is -1.02. The van der Waals surface area contributed by atoms with Gasteiger partial charge in [-0.25, -0.2) is 0 Å². The first kappa shape index (κ1) is 17.2. The van der Waals surface area contributed by atoms with Gasteiger partial charge in [0.15, 0.2) is 0 Å². The molecule has 6 heteroatoms. The number of carbonyl (C=O) groups excluding carboxylic acids is 1. The average molecular weight is 379 g/mol. The summed E-state index contributed by atoms with van der Waals surface area (Å²) in [6, 6.07) is 14.4. The van der Waals surface area contributed by atoms with Gasteiger partial charge in [-0.05, 0) is 36.6 Å². The summed E-state index contributed by atoms with van der Waals surface area (Å²) in [5.41, 5.74) is 1.56. The Kier molecular flexibility index (Phi) is 4.16. The lowest BCUT2D eigenvalue weighted by atomic mass is 9.95. The number of rotatable bonds is 4. The standard InChI is InChI=1S/C21H15ClN2O3/c1-11(21(26)27)18-15-9-14(22)6-7-16(15)24-19(18)20(25)17-8-12-4-2-3-5-13(12)10-23-17/h2-11,24H,1H3,(H,26,27). The van der Waals surface area contributed by atoms with Crippen LogP contribution in [-0.2, 0) is 4.79 Å². The molecule has 2 N–H and O–H groups in total. The molecular formula is C21H15ClN2O3. The third-order valence-corrected chi connectivity index (χ3v) is 4.93. The molecule has 0 aliphatic carbocycles. The van der Waals surface area contributed by atoms with E-state index in [9.17, 15) is 14.7 Å². The smallest absolute Gasteiger partial charge is 0.310 e. The lowest BCUT2D eigenvalue weighted by molar-refractivity contribution is -0.138. The van der Waals surface area contributed by atoms with Gasteiger partial charge in [-0.1, -0.05) is 35.9 Å². The van der Waals surface area contributed by atoms with Crippen LogP contribution in [0.15, 0.2) is 54.7 Å². The molecule has 1 atom stereocenters. The minimum absolute atomic E-state index is 0.227. The van der Waals surface area contributed by atoms with Crippen LogP contribution in [0.3, 0.4) is 0 Å². The zero-order valence-electron chi connectivity index (χ0n) is 14.4. The SMILES string of the molecule is CC(C(=O)O)c1c(C(=O)c2cc3ccccc3cn2)[nH]c2ccc(Cl)cc12. The molecule has 0 fully saturated rings. The number of benzene rings is 2. The Morgan fingerprint density at radius 1 is 1.11 bits per heavy atom. The molecule has 0 radical (unpaired) electrons. The van der Waals surface area contributed by atoms with Crippen molar-refractivity contribution in [2.45, 2.75) is 12.8 Å². The Bertz CT molecular complexity index is 1210. The molecule has 134 valence electrons. The number of nitrogens with zero attached hydrogens (tertiary/aromatic N) is 1. The Hall–Kier alpha value is -3.18. The predicted octanol–water partition coefficient (Wildman–Crippen LogP) is 4.79. The van der Waals surface area contributed by atoms with Gasteiger partial charge in [0.05, 0.1) is 11.6 Å². The van der Waals surface area contributed by atoms with Crippen LogP contribution in [0.5, 0.6) is 0 Å². The normalized spacial score (nSPS) is 12.4. The van der Waals surface area contributed by atoms with Crippen LogP contribution >= 0.6 is 11.6 Å². The number of hydrogen-bond acceptors (Lipinski definition) is 3. The number of aliphatic carboxylic acids is 1. The van der Waals surface area contributed by atoms with Gasteiger partial charge < -0.3 is 10.1 Å². The molecule has 2 aromatic carbocycles. The maximum absolute atomic E-state index is 13.2. The van der Waals surface area contributed by atoms with Crippen molar-refractivity contribution in [1.82, 2.24) is 9.97 Å². The Morgan fingerprint density at radius 2 is 1.85 bits per heavy atom. The number of pyridine rings is 1. The van der Waals surface area contributed by atoms with Gasteiger partial charge in [0, 0.05) is 33.1 Å². The molecule has 4 rings (SSSR count). The highest BCUT2D eigenvalue weighted by molar-refractivity contribution is 6.31. The zero-order chi connectivity index (χ0) is 19.1. The van der Waals surface area contributed by atoms with Gasteiger partial charge in [0.25, 0.3) is 0 Å². The average Bonchev–Trinajstić information content (AvgIpc) is 3.04. The van der Waals surface area contributed by atoms with E-state index in [4.69, 9.17) is 11.6 Å². The number of carbonyl (C=O) groups is 2. The van der Waals surface area contributed by atoms with Gasteiger partial charge in [-0.2, -0.15) is 0 Å². The van der Waals surface area contributed by atoms with Crippen molar-refractivity contribution < 1.29 is 14.7 Å². The summed E-state index contributed by atoms with van der Waals surface area (Å²) >= 11 is 6.09. The van der Waals surface area contributed by atoms with Crippen molar-refractivity contribution in [2.75, 3.05) is 0 Å². The number of aromatic nitrogens is 2. The molecule has 4 aromatic rings. The molecule has 0 aliphatic heterocycles. The fourth-order valence-corrected chi connectivity index (χ4v) is 3.45. The van der Waals surface area contributed by atoms with Crippen molar-refractivity contribution in [3.05, 3.63) is 76.7 Å². The molecule has 0 aliphatic rings. The number of halogens is 1. The van der Waals surface area contributed by atoms with Crippen LogP contribution in [0, 0.1) is 0 Å². The Morgan fingerprint density at radius 3 is 2.59 bits per heavy atom. The van der Waals surface area contributed by atoms with Crippen LogP contribution in [0.1, 0.15) is 34.6 Å². The van der Waals surface area contributed by atoms with Crippen LogP contribution < -0.4 is 0 Å². The second-order valence-corrected chi connectivity index (χ2v) is 6.85. The van der Waals surface area contributed by atoms with Gasteiger partial charge in [0.2, 0.25) is 5.78 Å². The van der Waals surface area contributed by atoms with Crippen molar-refractivity contribution in [2.24, 2.45) is 0 Å². The van der Waals surface area contributed by atoms with Crippen LogP contribution in [0.25, 0.3) is 21.7 Å². The van der Waals surface area contributed by atoms with E-state index in [2.05, 4.69) is 9.97 Å². The molecular weight excluding hydrogens is 364 g/mol. The van der Waals surface area contributed by atoms with Crippen LogP contribution in [-0.4, -0.2) is 26.8 Å². The number of aromatic amines is 1. The Labute approximate surface area is 159 Å². The van der Waals surface area contributed by atoms with Crippen LogP contribution in [0.4, 0.5) is 0 Å². The number of nitrogens with one attached hydrogen (secondary N) is 1. The number of H-pyrrole nitrogens is 1. The van der Waals surface area contributed by atoms with E-state index in [0.717, 1.165) is 10.8 Å². The van der Waals surface area contributed by atoms with Gasteiger partial charge >= 0.3 is 5.97 Å². The third-order valence-electron chi connectivity index (χ3n) is 4.69. The Balaban J connectivity index is 1.92. The van der Waals surface area contributed by atoms with Gasteiger partial charge in [0.1, 0.15) is 5.69 Å². The highest BCUT2D eigenvalue weighted by Gasteiger charge is 2.27. The molecule has 0 saturated heterocycles. The fraction of sp³-hybridized carbons (Fsp3) is 0.0952. The second kappa shape index (κ2) is 6.52. The van der Waals surface area contributed by atoms with E-state index in [1.165, 1.54) is 0 Å². The lowest BCUT2D eigenvalue weighted by Gasteiger charge is -2.09. The highest BCUT2D eigenvalue weighted by atomic mass is 35.5. The van der Waals surface area contributed by atoms with E-state index >= 15 is 0 Å². The largest absolute Gasteiger partial charge is 0.481 e. The molecule has 27 heavy (non-hydrogen) atoms. The maximum Gasteiger partial charge on any atom is 0.310 e. The van der Waals surface area contributed by atoms with E-state index in [1.54, 1.807) is 37.4 Å². The van der Waals surface area contributed by atoms with Gasteiger partial charge in [-0.15, -0.1) is 0 Å². The first-order chi connectivity index (χ1) is 13.0. The number of carboxylic acid groups (broad SMARTS) is 1. The van der Waals surface area contributed by atoms with E-state index in [-0.39, 0.29) is 17.2 Å². The highest BCUT2D eigenvalue weighted by Crippen LogP contribution is 2.33. The van der Waals surface area contributed by atoms with Crippen molar-refractivity contribution in [1.29, 1.82) is 0 Å². The van der Waals surface area contributed by atoms with Crippen molar-refractivity contribution >= 4 is 45.0 Å². The molecule has 0 saturated carbocycles. The maximum atomic E-state index is 13.2. The lowest BCUT2D eigenvalue weighted by Crippen LogP contribution is -2.13. The predicted molar refractivity (Wildman–Crippen MR) is 105 cm³/mol. The number of fused-ring (bicyclic) bond motifs is 2. The van der Waals surface area contributed by atoms with Crippen LogP contribution in [0.2, 0.25) is 5.02 Å².